The summed E-state index contributed by atoms with van der Waals surface area (Å²) in [4.78, 5) is 25.3. The summed E-state index contributed by atoms with van der Waals surface area (Å²) in [5.41, 5.74) is 0.419. The van der Waals surface area contributed by atoms with Crippen LogP contribution in [0.3, 0.4) is 0 Å². The van der Waals surface area contributed by atoms with Gasteiger partial charge in [-0.15, -0.1) is 6.58 Å². The van der Waals surface area contributed by atoms with Crippen molar-refractivity contribution in [1.82, 2.24) is 10.2 Å². The Balaban J connectivity index is 2.34. The molecular formula is C14H14N2O4. The minimum Gasteiger partial charge on any atom is -0.504 e. The second kappa shape index (κ2) is 5.48. The monoisotopic (exact) mass is 274 g/mol. The maximum absolute atomic E-state index is 12.1. The van der Waals surface area contributed by atoms with Crippen LogP contribution in [0.1, 0.15) is 5.56 Å². The van der Waals surface area contributed by atoms with Crippen LogP contribution in [-0.4, -0.2) is 40.1 Å². The second-order valence-corrected chi connectivity index (χ2v) is 4.29. The van der Waals surface area contributed by atoms with Gasteiger partial charge in [-0.05, 0) is 23.8 Å². The maximum atomic E-state index is 12.1. The zero-order chi connectivity index (χ0) is 14.7. The van der Waals surface area contributed by atoms with Gasteiger partial charge in [0.15, 0.2) is 11.5 Å². The molecule has 6 heteroatoms. The summed E-state index contributed by atoms with van der Waals surface area (Å²) in [7, 11) is 0. The lowest BCUT2D eigenvalue weighted by molar-refractivity contribution is -0.134. The van der Waals surface area contributed by atoms with Crippen LogP contribution in [-0.2, 0) is 9.59 Å². The van der Waals surface area contributed by atoms with Crippen LogP contribution < -0.4 is 5.32 Å². The maximum Gasteiger partial charge on any atom is 0.261 e. The molecule has 0 unspecified atom stereocenters. The smallest absolute Gasteiger partial charge is 0.261 e. The predicted octanol–water partition coefficient (Wildman–Crippen LogP) is 0.583. The molecule has 104 valence electrons. The zero-order valence-corrected chi connectivity index (χ0v) is 10.7. The number of nitrogens with zero attached hydrogens (tertiary/aromatic N) is 1. The van der Waals surface area contributed by atoms with E-state index in [0.717, 1.165) is 0 Å². The summed E-state index contributed by atoms with van der Waals surface area (Å²) < 4.78 is 0. The molecule has 0 aromatic heterocycles. The third-order valence-electron chi connectivity index (χ3n) is 2.85. The van der Waals surface area contributed by atoms with Gasteiger partial charge < -0.3 is 20.4 Å². The Morgan fingerprint density at radius 2 is 2.05 bits per heavy atom. The largest absolute Gasteiger partial charge is 0.504 e. The van der Waals surface area contributed by atoms with Crippen molar-refractivity contribution in [2.75, 3.05) is 13.2 Å². The van der Waals surface area contributed by atoms with Gasteiger partial charge in [0.25, 0.3) is 11.8 Å². The number of carbonyl (C=O) groups is 2. The fourth-order valence-corrected chi connectivity index (χ4v) is 1.83. The van der Waals surface area contributed by atoms with Gasteiger partial charge in [-0.2, -0.15) is 0 Å². The Hall–Kier alpha value is -2.76. The van der Waals surface area contributed by atoms with Crippen molar-refractivity contribution in [3.63, 3.8) is 0 Å². The zero-order valence-electron chi connectivity index (χ0n) is 10.7. The average Bonchev–Trinajstić information content (AvgIpc) is 2.42. The van der Waals surface area contributed by atoms with E-state index in [1.54, 1.807) is 6.08 Å². The topological polar surface area (TPSA) is 89.9 Å². The van der Waals surface area contributed by atoms with E-state index in [9.17, 15) is 19.8 Å². The molecule has 0 saturated carbocycles. The van der Waals surface area contributed by atoms with Crippen molar-refractivity contribution in [3.05, 3.63) is 42.0 Å². The molecule has 1 aromatic carbocycles. The molecule has 1 heterocycles. The summed E-state index contributed by atoms with van der Waals surface area (Å²) in [6.07, 6.45) is 2.94. The number of amides is 2. The number of benzene rings is 1. The Bertz CT molecular complexity index is 607. The van der Waals surface area contributed by atoms with E-state index in [1.165, 1.54) is 29.2 Å². The van der Waals surface area contributed by atoms with Gasteiger partial charge in [0.2, 0.25) is 0 Å². The highest BCUT2D eigenvalue weighted by Crippen LogP contribution is 2.26. The van der Waals surface area contributed by atoms with Crippen molar-refractivity contribution in [2.45, 2.75) is 0 Å². The Kier molecular flexibility index (Phi) is 3.74. The molecule has 6 nitrogen and oxygen atoms in total. The van der Waals surface area contributed by atoms with Crippen molar-refractivity contribution in [1.29, 1.82) is 0 Å². The lowest BCUT2D eigenvalue weighted by atomic mass is 10.1. The average molecular weight is 274 g/mol. The number of rotatable bonds is 3. The van der Waals surface area contributed by atoms with Crippen LogP contribution in [0.4, 0.5) is 0 Å². The first-order valence-corrected chi connectivity index (χ1v) is 5.95. The lowest BCUT2D eigenvalue weighted by Crippen LogP contribution is -2.50. The number of hydrogen-bond donors (Lipinski definition) is 3. The van der Waals surface area contributed by atoms with Crippen LogP contribution in [0.5, 0.6) is 11.5 Å². The van der Waals surface area contributed by atoms with E-state index in [1.807, 2.05) is 0 Å². The quantitative estimate of drug-likeness (QED) is 0.325. The van der Waals surface area contributed by atoms with Gasteiger partial charge >= 0.3 is 0 Å². The van der Waals surface area contributed by atoms with Crippen molar-refractivity contribution < 1.29 is 19.8 Å². The molecule has 2 amide bonds. The van der Waals surface area contributed by atoms with Crippen LogP contribution >= 0.6 is 0 Å². The first-order valence-electron chi connectivity index (χ1n) is 5.95. The molecule has 1 fully saturated rings. The van der Waals surface area contributed by atoms with E-state index in [-0.39, 0.29) is 23.7 Å². The highest BCUT2D eigenvalue weighted by molar-refractivity contribution is 6.23. The van der Waals surface area contributed by atoms with Crippen molar-refractivity contribution >= 4 is 17.9 Å². The second-order valence-electron chi connectivity index (χ2n) is 4.29. The number of aromatic hydroxyl groups is 2. The molecule has 0 spiro atoms. The number of hydrogen-bond acceptors (Lipinski definition) is 4. The normalized spacial score (nSPS) is 17.2. The number of carbonyl (C=O) groups excluding carboxylic acids is 2. The van der Waals surface area contributed by atoms with E-state index < -0.39 is 11.8 Å². The molecule has 0 atom stereocenters. The molecule has 3 N–H and O–H groups in total. The number of phenolic OH excluding ortho intramolecular Hbond substituents is 2. The first-order chi connectivity index (χ1) is 9.52. The van der Waals surface area contributed by atoms with Crippen LogP contribution in [0.15, 0.2) is 36.4 Å². The molecule has 1 saturated heterocycles. The predicted molar refractivity (Wildman–Crippen MR) is 72.7 cm³/mol. The molecule has 2 rings (SSSR count). The van der Waals surface area contributed by atoms with Crippen LogP contribution in [0.2, 0.25) is 0 Å². The highest BCUT2D eigenvalue weighted by atomic mass is 16.3. The van der Waals surface area contributed by atoms with Gasteiger partial charge in [-0.25, -0.2) is 0 Å². The molecule has 0 aliphatic carbocycles. The molecule has 0 bridgehead atoms. The van der Waals surface area contributed by atoms with Gasteiger partial charge in [0, 0.05) is 6.54 Å². The van der Waals surface area contributed by atoms with Crippen LogP contribution in [0, 0.1) is 0 Å². The van der Waals surface area contributed by atoms with Crippen LogP contribution in [0.25, 0.3) is 6.08 Å². The molecular weight excluding hydrogens is 260 g/mol. The SMILES string of the molecule is C=CCN1CNC(=O)C(=Cc2ccc(O)c(O)c2)C1=O. The summed E-state index contributed by atoms with van der Waals surface area (Å²) in [6, 6.07) is 4.05. The molecule has 0 radical (unpaired) electrons. The summed E-state index contributed by atoms with van der Waals surface area (Å²) in [5, 5.41) is 21.2. The number of nitrogens with one attached hydrogen (secondary N) is 1. The molecule has 20 heavy (non-hydrogen) atoms. The molecule has 1 aliphatic rings. The van der Waals surface area contributed by atoms with Gasteiger partial charge in [0.1, 0.15) is 5.57 Å². The summed E-state index contributed by atoms with van der Waals surface area (Å²) in [5.74, 6) is -1.45. The summed E-state index contributed by atoms with van der Waals surface area (Å²) >= 11 is 0. The highest BCUT2D eigenvalue weighted by Gasteiger charge is 2.28. The molecule has 1 aromatic rings. The standard InChI is InChI=1S/C14H14N2O4/c1-2-5-16-8-15-13(19)10(14(16)20)6-9-3-4-11(17)12(18)7-9/h2-4,6-7,17-18H,1,5,8H2,(H,15,19). The van der Waals surface area contributed by atoms with E-state index in [0.29, 0.717) is 12.1 Å². The first kappa shape index (κ1) is 13.7. The lowest BCUT2D eigenvalue weighted by Gasteiger charge is -2.27. The van der Waals surface area contributed by atoms with Crippen molar-refractivity contribution in [3.8, 4) is 11.5 Å². The summed E-state index contributed by atoms with van der Waals surface area (Å²) in [6.45, 7) is 4.02. The van der Waals surface area contributed by atoms with Crippen molar-refractivity contribution in [2.24, 2.45) is 0 Å². The number of phenols is 2. The third-order valence-corrected chi connectivity index (χ3v) is 2.85. The van der Waals surface area contributed by atoms with Gasteiger partial charge in [-0.1, -0.05) is 12.1 Å². The fraction of sp³-hybridized carbons (Fsp3) is 0.143. The Morgan fingerprint density at radius 3 is 2.70 bits per heavy atom. The van der Waals surface area contributed by atoms with Gasteiger partial charge in [0.05, 0.1) is 6.67 Å². The Morgan fingerprint density at radius 1 is 1.30 bits per heavy atom. The minimum absolute atomic E-state index is 0.0248. The van der Waals surface area contributed by atoms with E-state index >= 15 is 0 Å². The Labute approximate surface area is 115 Å². The van der Waals surface area contributed by atoms with E-state index in [4.69, 9.17) is 0 Å². The third kappa shape index (κ3) is 2.64. The minimum atomic E-state index is -0.470. The fourth-order valence-electron chi connectivity index (χ4n) is 1.83. The van der Waals surface area contributed by atoms with E-state index in [2.05, 4.69) is 11.9 Å². The van der Waals surface area contributed by atoms with Gasteiger partial charge in [-0.3, -0.25) is 9.59 Å². The molecule has 1 aliphatic heterocycles.